The van der Waals surface area contributed by atoms with E-state index in [4.69, 9.17) is 5.73 Å². The van der Waals surface area contributed by atoms with E-state index in [0.717, 1.165) is 31.2 Å². The van der Waals surface area contributed by atoms with Crippen molar-refractivity contribution in [3.05, 3.63) is 29.8 Å². The lowest BCUT2D eigenvalue weighted by molar-refractivity contribution is 0.417. The van der Waals surface area contributed by atoms with Crippen molar-refractivity contribution in [2.45, 2.75) is 37.5 Å². The van der Waals surface area contributed by atoms with E-state index in [1.807, 2.05) is 12.1 Å². The molecule has 20 heavy (non-hydrogen) atoms. The highest BCUT2D eigenvalue weighted by atomic mass is 32.2. The van der Waals surface area contributed by atoms with Crippen LogP contribution >= 0.6 is 0 Å². The van der Waals surface area contributed by atoms with Crippen molar-refractivity contribution in [2.24, 2.45) is 11.7 Å². The van der Waals surface area contributed by atoms with E-state index in [1.54, 1.807) is 16.4 Å². The monoisotopic (exact) mass is 296 g/mol. The maximum atomic E-state index is 12.6. The second-order valence-corrected chi connectivity index (χ2v) is 7.56. The van der Waals surface area contributed by atoms with E-state index in [1.165, 1.54) is 0 Å². The van der Waals surface area contributed by atoms with Gasteiger partial charge in [-0.1, -0.05) is 19.1 Å². The van der Waals surface area contributed by atoms with E-state index in [9.17, 15) is 8.42 Å². The van der Waals surface area contributed by atoms with Crippen LogP contribution in [0, 0.1) is 5.92 Å². The molecule has 1 atom stereocenters. The fourth-order valence-electron chi connectivity index (χ4n) is 2.62. The Bertz CT molecular complexity index is 525. The molecule has 1 aliphatic rings. The number of nitrogens with two attached hydrogens (primary N) is 1. The molecule has 0 aliphatic carbocycles. The van der Waals surface area contributed by atoms with Crippen LogP contribution in [0.15, 0.2) is 29.2 Å². The molecule has 1 heterocycles. The van der Waals surface area contributed by atoms with Crippen LogP contribution < -0.4 is 5.73 Å². The maximum absolute atomic E-state index is 12.6. The Morgan fingerprint density at radius 1 is 1.20 bits per heavy atom. The van der Waals surface area contributed by atoms with E-state index >= 15 is 0 Å². The Morgan fingerprint density at radius 2 is 1.90 bits per heavy atom. The fraction of sp³-hybridized carbons (Fsp3) is 0.600. The summed E-state index contributed by atoms with van der Waals surface area (Å²) in [4.78, 5) is 0.396. The van der Waals surface area contributed by atoms with Crippen LogP contribution in [-0.4, -0.2) is 32.4 Å². The smallest absolute Gasteiger partial charge is 0.243 e. The Hall–Kier alpha value is -0.910. The molecule has 1 aromatic carbocycles. The maximum Gasteiger partial charge on any atom is 0.243 e. The summed E-state index contributed by atoms with van der Waals surface area (Å²) >= 11 is 0. The van der Waals surface area contributed by atoms with Gasteiger partial charge in [-0.2, -0.15) is 4.31 Å². The molecular formula is C15H24N2O2S. The largest absolute Gasteiger partial charge is 0.330 e. The zero-order valence-corrected chi connectivity index (χ0v) is 12.9. The lowest BCUT2D eigenvalue weighted by Crippen LogP contribution is -2.32. The summed E-state index contributed by atoms with van der Waals surface area (Å²) in [7, 11) is -3.34. The summed E-state index contributed by atoms with van der Waals surface area (Å²) in [5.74, 6) is 0.613. The minimum atomic E-state index is -3.34. The van der Waals surface area contributed by atoms with Crippen molar-refractivity contribution in [1.29, 1.82) is 0 Å². The van der Waals surface area contributed by atoms with Gasteiger partial charge in [0, 0.05) is 13.1 Å². The average molecular weight is 296 g/mol. The highest BCUT2D eigenvalue weighted by Gasteiger charge is 2.26. The van der Waals surface area contributed by atoms with E-state index in [0.29, 0.717) is 30.4 Å². The van der Waals surface area contributed by atoms with Gasteiger partial charge in [0.15, 0.2) is 0 Å². The average Bonchev–Trinajstić information content (AvgIpc) is 2.65. The van der Waals surface area contributed by atoms with Gasteiger partial charge in [0.05, 0.1) is 4.90 Å². The highest BCUT2D eigenvalue weighted by molar-refractivity contribution is 7.89. The first kappa shape index (κ1) is 15.5. The second-order valence-electron chi connectivity index (χ2n) is 5.62. The first-order valence-corrected chi connectivity index (χ1v) is 8.77. The molecule has 0 spiro atoms. The minimum absolute atomic E-state index is 0.396. The van der Waals surface area contributed by atoms with Gasteiger partial charge in [-0.15, -0.1) is 0 Å². The Balaban J connectivity index is 2.16. The molecule has 0 amide bonds. The van der Waals surface area contributed by atoms with Crippen molar-refractivity contribution in [1.82, 2.24) is 4.31 Å². The van der Waals surface area contributed by atoms with Gasteiger partial charge in [-0.25, -0.2) is 8.42 Å². The van der Waals surface area contributed by atoms with Gasteiger partial charge in [0.1, 0.15) is 0 Å². The lowest BCUT2D eigenvalue weighted by atomic mass is 10.0. The van der Waals surface area contributed by atoms with Gasteiger partial charge >= 0.3 is 0 Å². The van der Waals surface area contributed by atoms with E-state index < -0.39 is 10.0 Å². The van der Waals surface area contributed by atoms with Crippen LogP contribution in [0.2, 0.25) is 0 Å². The molecule has 1 unspecified atom stereocenters. The highest BCUT2D eigenvalue weighted by Crippen LogP contribution is 2.23. The minimum Gasteiger partial charge on any atom is -0.330 e. The van der Waals surface area contributed by atoms with Crippen molar-refractivity contribution in [3.8, 4) is 0 Å². The summed E-state index contributed by atoms with van der Waals surface area (Å²) in [6, 6.07) is 7.13. The van der Waals surface area contributed by atoms with Gasteiger partial charge in [-0.05, 0) is 55.8 Å². The van der Waals surface area contributed by atoms with Gasteiger partial charge in [0.2, 0.25) is 10.0 Å². The Kier molecular flexibility index (Phi) is 5.18. The van der Waals surface area contributed by atoms with Crippen LogP contribution in [0.25, 0.3) is 0 Å². The third-order valence-corrected chi connectivity index (χ3v) is 5.88. The summed E-state index contributed by atoms with van der Waals surface area (Å²) in [6.07, 6.45) is 3.79. The predicted octanol–water partition coefficient (Wildman–Crippen LogP) is 2.00. The van der Waals surface area contributed by atoms with Gasteiger partial charge < -0.3 is 5.73 Å². The van der Waals surface area contributed by atoms with Crippen LogP contribution in [0.5, 0.6) is 0 Å². The molecule has 2 rings (SSSR count). The molecule has 5 heteroatoms. The van der Waals surface area contributed by atoms with E-state index in [2.05, 4.69) is 6.92 Å². The number of nitrogens with zero attached hydrogens (tertiary/aromatic N) is 1. The number of benzene rings is 1. The Labute approximate surface area is 122 Å². The molecule has 1 aliphatic heterocycles. The number of hydrogen-bond donors (Lipinski definition) is 1. The SMILES string of the molecule is CC1CCCN(S(=O)(=O)c2ccc(CCN)cc2)CC1. The third kappa shape index (κ3) is 3.59. The van der Waals surface area contributed by atoms with E-state index in [-0.39, 0.29) is 0 Å². The van der Waals surface area contributed by atoms with Crippen molar-refractivity contribution < 1.29 is 8.42 Å². The molecule has 1 aromatic rings. The quantitative estimate of drug-likeness (QED) is 0.924. The fourth-order valence-corrected chi connectivity index (χ4v) is 4.11. The first-order chi connectivity index (χ1) is 9.54. The van der Waals surface area contributed by atoms with Gasteiger partial charge in [0.25, 0.3) is 0 Å². The van der Waals surface area contributed by atoms with Crippen molar-refractivity contribution in [2.75, 3.05) is 19.6 Å². The second kappa shape index (κ2) is 6.70. The number of hydrogen-bond acceptors (Lipinski definition) is 3. The molecule has 1 saturated heterocycles. The molecule has 0 bridgehead atoms. The van der Waals surface area contributed by atoms with Crippen molar-refractivity contribution >= 4 is 10.0 Å². The lowest BCUT2D eigenvalue weighted by Gasteiger charge is -2.20. The molecule has 112 valence electrons. The molecule has 4 nitrogen and oxygen atoms in total. The molecule has 2 N–H and O–H groups in total. The van der Waals surface area contributed by atoms with Crippen LogP contribution in [0.4, 0.5) is 0 Å². The predicted molar refractivity (Wildman–Crippen MR) is 81.0 cm³/mol. The van der Waals surface area contributed by atoms with Crippen LogP contribution in [0.1, 0.15) is 31.7 Å². The van der Waals surface area contributed by atoms with Gasteiger partial charge in [-0.3, -0.25) is 0 Å². The van der Waals surface area contributed by atoms with Crippen LogP contribution in [0.3, 0.4) is 0 Å². The number of sulfonamides is 1. The normalized spacial score (nSPS) is 21.6. The summed E-state index contributed by atoms with van der Waals surface area (Å²) in [6.45, 7) is 4.04. The molecule has 0 aromatic heterocycles. The molecule has 1 fully saturated rings. The molecule has 0 radical (unpaired) electrons. The standard InChI is InChI=1S/C15H24N2O2S/c1-13-3-2-11-17(12-9-13)20(18,19)15-6-4-14(5-7-15)8-10-16/h4-7,13H,2-3,8-12,16H2,1H3. The number of rotatable bonds is 4. The summed E-state index contributed by atoms with van der Waals surface area (Å²) in [5.41, 5.74) is 6.58. The zero-order chi connectivity index (χ0) is 14.6. The third-order valence-electron chi connectivity index (χ3n) is 3.97. The topological polar surface area (TPSA) is 63.4 Å². The summed E-state index contributed by atoms with van der Waals surface area (Å²) in [5, 5.41) is 0. The summed E-state index contributed by atoms with van der Waals surface area (Å²) < 4.78 is 26.9. The first-order valence-electron chi connectivity index (χ1n) is 7.33. The van der Waals surface area contributed by atoms with Crippen LogP contribution in [-0.2, 0) is 16.4 Å². The zero-order valence-electron chi connectivity index (χ0n) is 12.1. The molecule has 0 saturated carbocycles. The van der Waals surface area contributed by atoms with Crippen molar-refractivity contribution in [3.63, 3.8) is 0 Å². The Morgan fingerprint density at radius 3 is 2.55 bits per heavy atom. The molecular weight excluding hydrogens is 272 g/mol.